The van der Waals surface area contributed by atoms with Crippen LogP contribution in [-0.2, 0) is 11.3 Å². The highest BCUT2D eigenvalue weighted by Gasteiger charge is 2.30. The molecule has 4 rings (SSSR count). The molecule has 0 saturated carbocycles. The van der Waals surface area contributed by atoms with E-state index in [9.17, 15) is 13.6 Å². The second-order valence-electron chi connectivity index (χ2n) is 8.97. The van der Waals surface area contributed by atoms with E-state index in [-0.39, 0.29) is 29.5 Å². The van der Waals surface area contributed by atoms with E-state index in [1.165, 1.54) is 29.8 Å². The highest BCUT2D eigenvalue weighted by Crippen LogP contribution is 2.30. The lowest BCUT2D eigenvalue weighted by Gasteiger charge is -2.40. The smallest absolute Gasteiger partial charge is 0.236 e. The lowest BCUT2D eigenvalue weighted by atomic mass is 9.87. The summed E-state index contributed by atoms with van der Waals surface area (Å²) in [6.07, 6.45) is 1.63. The molecule has 1 aliphatic rings. The summed E-state index contributed by atoms with van der Waals surface area (Å²) in [4.78, 5) is 16.7. The topological polar surface area (TPSA) is 49.6 Å². The number of amides is 1. The Morgan fingerprint density at radius 2 is 1.47 bits per heavy atom. The van der Waals surface area contributed by atoms with Crippen molar-refractivity contribution in [3.8, 4) is 0 Å². The molecule has 0 aromatic heterocycles. The molecule has 4 nitrogen and oxygen atoms in total. The standard InChI is InChI=1S/C28H31F2N3O/c29-24-12-8-22(9-13-24)26(23-10-14-25(30)15-11-23)7-4-16-33-18-17-32(20-27(33)28(31)34)19-21-5-2-1-3-6-21/h1-3,5-6,8-15,26-27H,4,7,16-20H2,(H2,31,34). The van der Waals surface area contributed by atoms with Crippen LogP contribution in [-0.4, -0.2) is 47.9 Å². The number of carbonyl (C=O) groups excluding carboxylic acids is 1. The Bertz CT molecular complexity index is 1010. The van der Waals surface area contributed by atoms with Crippen molar-refractivity contribution in [2.75, 3.05) is 26.2 Å². The van der Waals surface area contributed by atoms with Gasteiger partial charge in [0, 0.05) is 32.1 Å². The molecule has 0 aliphatic carbocycles. The first-order valence-electron chi connectivity index (χ1n) is 11.8. The van der Waals surface area contributed by atoms with Gasteiger partial charge in [-0.25, -0.2) is 8.78 Å². The summed E-state index contributed by atoms with van der Waals surface area (Å²) in [7, 11) is 0. The Morgan fingerprint density at radius 1 is 0.882 bits per heavy atom. The number of rotatable bonds is 9. The largest absolute Gasteiger partial charge is 0.368 e. The van der Waals surface area contributed by atoms with E-state index in [1.54, 1.807) is 24.3 Å². The van der Waals surface area contributed by atoms with Gasteiger partial charge < -0.3 is 5.73 Å². The van der Waals surface area contributed by atoms with Crippen molar-refractivity contribution in [3.05, 3.63) is 107 Å². The summed E-state index contributed by atoms with van der Waals surface area (Å²) >= 11 is 0. The summed E-state index contributed by atoms with van der Waals surface area (Å²) in [6.45, 7) is 3.81. The molecule has 34 heavy (non-hydrogen) atoms. The molecule has 1 unspecified atom stereocenters. The number of piperazine rings is 1. The predicted octanol–water partition coefficient (Wildman–Crippen LogP) is 4.55. The van der Waals surface area contributed by atoms with Gasteiger partial charge >= 0.3 is 0 Å². The van der Waals surface area contributed by atoms with Crippen LogP contribution < -0.4 is 5.73 Å². The van der Waals surface area contributed by atoms with Crippen molar-refractivity contribution in [1.82, 2.24) is 9.80 Å². The van der Waals surface area contributed by atoms with E-state index < -0.39 is 0 Å². The van der Waals surface area contributed by atoms with Gasteiger partial charge in [0.2, 0.25) is 5.91 Å². The molecule has 0 bridgehead atoms. The molecule has 1 fully saturated rings. The first-order chi connectivity index (χ1) is 16.5. The van der Waals surface area contributed by atoms with E-state index in [0.717, 1.165) is 50.1 Å². The van der Waals surface area contributed by atoms with E-state index >= 15 is 0 Å². The Hall–Kier alpha value is -3.09. The maximum atomic E-state index is 13.5. The third-order valence-electron chi connectivity index (χ3n) is 6.64. The van der Waals surface area contributed by atoms with Crippen LogP contribution in [0.15, 0.2) is 78.9 Å². The normalized spacial score (nSPS) is 17.2. The second kappa shape index (κ2) is 11.4. The van der Waals surface area contributed by atoms with Gasteiger partial charge in [0.05, 0.1) is 0 Å². The number of carbonyl (C=O) groups is 1. The molecule has 0 spiro atoms. The fourth-order valence-corrected chi connectivity index (χ4v) is 4.81. The van der Waals surface area contributed by atoms with Gasteiger partial charge in [0.25, 0.3) is 0 Å². The Kier molecular flexibility index (Phi) is 8.03. The molecule has 1 saturated heterocycles. The molecule has 178 valence electrons. The van der Waals surface area contributed by atoms with E-state index in [1.807, 2.05) is 18.2 Å². The third-order valence-corrected chi connectivity index (χ3v) is 6.64. The SMILES string of the molecule is NC(=O)C1CN(Cc2ccccc2)CCN1CCCC(c1ccc(F)cc1)c1ccc(F)cc1. The van der Waals surface area contributed by atoms with E-state index in [2.05, 4.69) is 21.9 Å². The summed E-state index contributed by atoms with van der Waals surface area (Å²) in [6, 6.07) is 22.9. The zero-order chi connectivity index (χ0) is 23.9. The molecule has 1 aliphatic heterocycles. The summed E-state index contributed by atoms with van der Waals surface area (Å²) in [5, 5.41) is 0. The molecule has 2 N–H and O–H groups in total. The predicted molar refractivity (Wildman–Crippen MR) is 130 cm³/mol. The first kappa shape index (κ1) is 24.0. The van der Waals surface area contributed by atoms with Crippen molar-refractivity contribution < 1.29 is 13.6 Å². The third kappa shape index (κ3) is 6.27. The first-order valence-corrected chi connectivity index (χ1v) is 11.8. The minimum Gasteiger partial charge on any atom is -0.368 e. The average Bonchev–Trinajstić information content (AvgIpc) is 2.84. The van der Waals surface area contributed by atoms with Gasteiger partial charge in [-0.15, -0.1) is 0 Å². The van der Waals surface area contributed by atoms with E-state index in [4.69, 9.17) is 5.73 Å². The fourth-order valence-electron chi connectivity index (χ4n) is 4.81. The monoisotopic (exact) mass is 463 g/mol. The molecule has 3 aromatic carbocycles. The van der Waals surface area contributed by atoms with Crippen LogP contribution in [0.2, 0.25) is 0 Å². The van der Waals surface area contributed by atoms with Gasteiger partial charge in [0.15, 0.2) is 0 Å². The number of hydrogen-bond acceptors (Lipinski definition) is 3. The quantitative estimate of drug-likeness (QED) is 0.507. The van der Waals surface area contributed by atoms with Gasteiger partial charge in [-0.05, 0) is 60.3 Å². The molecule has 1 atom stereocenters. The zero-order valence-electron chi connectivity index (χ0n) is 19.2. The Balaban J connectivity index is 1.39. The molecular weight excluding hydrogens is 432 g/mol. The van der Waals surface area contributed by atoms with Crippen LogP contribution in [0, 0.1) is 11.6 Å². The maximum Gasteiger partial charge on any atom is 0.236 e. The average molecular weight is 464 g/mol. The van der Waals surface area contributed by atoms with Gasteiger partial charge in [-0.2, -0.15) is 0 Å². The Labute approximate surface area is 200 Å². The molecule has 6 heteroatoms. The van der Waals surface area contributed by atoms with Crippen LogP contribution in [0.25, 0.3) is 0 Å². The number of nitrogens with zero attached hydrogens (tertiary/aromatic N) is 2. The van der Waals surface area contributed by atoms with Crippen molar-refractivity contribution in [3.63, 3.8) is 0 Å². The lowest BCUT2D eigenvalue weighted by Crippen LogP contribution is -2.58. The van der Waals surface area contributed by atoms with Crippen molar-refractivity contribution in [1.29, 1.82) is 0 Å². The fraction of sp³-hybridized carbons (Fsp3) is 0.321. The van der Waals surface area contributed by atoms with Crippen molar-refractivity contribution in [2.24, 2.45) is 5.73 Å². The summed E-state index contributed by atoms with van der Waals surface area (Å²) in [5.41, 5.74) is 8.99. The van der Waals surface area contributed by atoms with Crippen LogP contribution in [0.3, 0.4) is 0 Å². The Morgan fingerprint density at radius 3 is 2.03 bits per heavy atom. The van der Waals surface area contributed by atoms with Crippen LogP contribution in [0.4, 0.5) is 8.78 Å². The van der Waals surface area contributed by atoms with Gasteiger partial charge in [-0.1, -0.05) is 54.6 Å². The number of nitrogens with two attached hydrogens (primary N) is 1. The number of halogens is 2. The van der Waals surface area contributed by atoms with Crippen molar-refractivity contribution >= 4 is 5.91 Å². The van der Waals surface area contributed by atoms with Crippen LogP contribution in [0.1, 0.15) is 35.4 Å². The maximum absolute atomic E-state index is 13.5. The highest BCUT2D eigenvalue weighted by atomic mass is 19.1. The van der Waals surface area contributed by atoms with Gasteiger partial charge in [0.1, 0.15) is 17.7 Å². The van der Waals surface area contributed by atoms with Gasteiger partial charge in [-0.3, -0.25) is 14.6 Å². The molecular formula is C28H31F2N3O. The minimum atomic E-state index is -0.326. The highest BCUT2D eigenvalue weighted by molar-refractivity contribution is 5.80. The van der Waals surface area contributed by atoms with E-state index in [0.29, 0.717) is 6.54 Å². The number of hydrogen-bond donors (Lipinski definition) is 1. The lowest BCUT2D eigenvalue weighted by molar-refractivity contribution is -0.125. The molecule has 1 amide bonds. The molecule has 0 radical (unpaired) electrons. The summed E-state index contributed by atoms with van der Waals surface area (Å²) in [5.74, 6) is -0.836. The minimum absolute atomic E-state index is 0.0209. The van der Waals surface area contributed by atoms with Crippen LogP contribution >= 0.6 is 0 Å². The molecule has 3 aromatic rings. The van der Waals surface area contributed by atoms with Crippen LogP contribution in [0.5, 0.6) is 0 Å². The number of primary amides is 1. The zero-order valence-corrected chi connectivity index (χ0v) is 19.2. The summed E-state index contributed by atoms with van der Waals surface area (Å²) < 4.78 is 27.0. The molecule has 1 heterocycles. The number of benzene rings is 3. The second-order valence-corrected chi connectivity index (χ2v) is 8.97. The van der Waals surface area contributed by atoms with Crippen molar-refractivity contribution in [2.45, 2.75) is 31.3 Å².